The number of nitrogens with one attached hydrogen (secondary N) is 2. The molecule has 1 atom stereocenters. The summed E-state index contributed by atoms with van der Waals surface area (Å²) in [4.78, 5) is 9.46. The van der Waals surface area contributed by atoms with Gasteiger partial charge < -0.3 is 9.72 Å². The Morgan fingerprint density at radius 1 is 1.41 bits per heavy atom. The molecule has 150 valence electrons. The number of alkyl halides is 3. The third-order valence-electron chi connectivity index (χ3n) is 4.34. The molecule has 0 aliphatic carbocycles. The summed E-state index contributed by atoms with van der Waals surface area (Å²) in [5.74, 6) is 0.334. The summed E-state index contributed by atoms with van der Waals surface area (Å²) in [5, 5.41) is 0. The van der Waals surface area contributed by atoms with Crippen LogP contribution in [0, 0.1) is 0 Å². The summed E-state index contributed by atoms with van der Waals surface area (Å²) in [6, 6.07) is 3.79. The minimum absolute atomic E-state index is 0.0371. The van der Waals surface area contributed by atoms with Crippen LogP contribution < -0.4 is 9.46 Å². The molecule has 1 aliphatic heterocycles. The number of nitrogens with zero attached hydrogens (tertiary/aromatic N) is 2. The molecule has 0 amide bonds. The second kappa shape index (κ2) is 7.64. The number of fused-ring (bicyclic) bond motifs is 1. The molecule has 3 rings (SSSR count). The molecule has 2 N–H and O–H groups in total. The van der Waals surface area contributed by atoms with E-state index in [-0.39, 0.29) is 17.5 Å². The number of H-pyrrole nitrogens is 1. The van der Waals surface area contributed by atoms with Gasteiger partial charge in [-0.1, -0.05) is 0 Å². The number of rotatable bonds is 6. The smallest absolute Gasteiger partial charge is 0.406 e. The zero-order valence-corrected chi connectivity index (χ0v) is 15.5. The Balaban J connectivity index is 1.67. The Bertz CT molecular complexity index is 898. The summed E-state index contributed by atoms with van der Waals surface area (Å²) in [7, 11) is -3.26. The SMILES string of the molecule is CCS(=O)(=O)N[C@@H]1CCCN(Cc2nc3ccc(OC(F)(F)F)cc3[nH]2)C1. The maximum absolute atomic E-state index is 12.3. The van der Waals surface area contributed by atoms with Gasteiger partial charge in [-0.05, 0) is 38.4 Å². The van der Waals surface area contributed by atoms with E-state index in [1.54, 1.807) is 6.92 Å². The van der Waals surface area contributed by atoms with Crippen LogP contribution in [0.25, 0.3) is 11.0 Å². The van der Waals surface area contributed by atoms with E-state index in [1.807, 2.05) is 0 Å². The molecular weight excluding hydrogens is 385 g/mol. The van der Waals surface area contributed by atoms with Crippen molar-refractivity contribution < 1.29 is 26.3 Å². The molecule has 11 heteroatoms. The van der Waals surface area contributed by atoms with E-state index in [0.29, 0.717) is 29.9 Å². The molecule has 1 saturated heterocycles. The van der Waals surface area contributed by atoms with Crippen LogP contribution >= 0.6 is 0 Å². The molecule has 1 aliphatic rings. The average molecular weight is 406 g/mol. The van der Waals surface area contributed by atoms with Crippen LogP contribution in [0.5, 0.6) is 5.75 Å². The third-order valence-corrected chi connectivity index (χ3v) is 5.79. The number of halogens is 3. The lowest BCUT2D eigenvalue weighted by Crippen LogP contribution is -2.47. The van der Waals surface area contributed by atoms with Crippen LogP contribution in [-0.4, -0.2) is 54.5 Å². The van der Waals surface area contributed by atoms with E-state index >= 15 is 0 Å². The van der Waals surface area contributed by atoms with E-state index in [9.17, 15) is 21.6 Å². The van der Waals surface area contributed by atoms with Gasteiger partial charge in [-0.2, -0.15) is 0 Å². The highest BCUT2D eigenvalue weighted by atomic mass is 32.2. The summed E-state index contributed by atoms with van der Waals surface area (Å²) < 4.78 is 67.1. The van der Waals surface area contributed by atoms with E-state index < -0.39 is 16.4 Å². The molecule has 27 heavy (non-hydrogen) atoms. The molecule has 1 aromatic heterocycles. The van der Waals surface area contributed by atoms with Crippen LogP contribution in [-0.2, 0) is 16.6 Å². The highest BCUT2D eigenvalue weighted by Crippen LogP contribution is 2.26. The highest BCUT2D eigenvalue weighted by molar-refractivity contribution is 7.89. The van der Waals surface area contributed by atoms with E-state index in [4.69, 9.17) is 0 Å². The average Bonchev–Trinajstić information content (AvgIpc) is 2.94. The molecule has 2 heterocycles. The molecule has 2 aromatic rings. The fourth-order valence-electron chi connectivity index (χ4n) is 3.16. The fraction of sp³-hybridized carbons (Fsp3) is 0.562. The molecule has 0 radical (unpaired) electrons. The first-order valence-corrected chi connectivity index (χ1v) is 10.3. The quantitative estimate of drug-likeness (QED) is 0.769. The van der Waals surface area contributed by atoms with Crippen molar-refractivity contribution >= 4 is 21.1 Å². The molecule has 1 aromatic carbocycles. The van der Waals surface area contributed by atoms with Gasteiger partial charge in [0, 0.05) is 18.7 Å². The van der Waals surface area contributed by atoms with Gasteiger partial charge in [-0.15, -0.1) is 13.2 Å². The van der Waals surface area contributed by atoms with Crippen molar-refractivity contribution in [1.29, 1.82) is 0 Å². The summed E-state index contributed by atoms with van der Waals surface area (Å²) in [6.07, 6.45) is -3.13. The van der Waals surface area contributed by atoms with Crippen LogP contribution in [0.1, 0.15) is 25.6 Å². The van der Waals surface area contributed by atoms with Gasteiger partial charge in [0.2, 0.25) is 10.0 Å². The number of likely N-dealkylation sites (tertiary alicyclic amines) is 1. The first-order valence-electron chi connectivity index (χ1n) is 8.60. The Morgan fingerprint density at radius 3 is 2.89 bits per heavy atom. The van der Waals surface area contributed by atoms with E-state index in [1.165, 1.54) is 18.2 Å². The molecule has 0 unspecified atom stereocenters. The number of aromatic nitrogens is 2. The lowest BCUT2D eigenvalue weighted by Gasteiger charge is -2.32. The van der Waals surface area contributed by atoms with Gasteiger partial charge in [0.15, 0.2) is 0 Å². The monoisotopic (exact) mass is 406 g/mol. The van der Waals surface area contributed by atoms with Crippen molar-refractivity contribution in [3.63, 3.8) is 0 Å². The predicted octanol–water partition coefficient (Wildman–Crippen LogP) is 2.37. The van der Waals surface area contributed by atoms with Gasteiger partial charge in [0.05, 0.1) is 23.3 Å². The van der Waals surface area contributed by atoms with E-state index in [0.717, 1.165) is 19.4 Å². The lowest BCUT2D eigenvalue weighted by atomic mass is 10.1. The van der Waals surface area contributed by atoms with Crippen molar-refractivity contribution in [2.45, 2.75) is 38.7 Å². The van der Waals surface area contributed by atoms with Gasteiger partial charge in [-0.3, -0.25) is 4.90 Å². The second-order valence-corrected chi connectivity index (χ2v) is 8.55. The number of aromatic amines is 1. The molecular formula is C16H21F3N4O3S. The minimum atomic E-state index is -4.74. The Labute approximate surface area is 155 Å². The summed E-state index contributed by atoms with van der Waals surface area (Å²) in [6.45, 7) is 3.39. The summed E-state index contributed by atoms with van der Waals surface area (Å²) in [5.41, 5.74) is 0.992. The van der Waals surface area contributed by atoms with E-state index in [2.05, 4.69) is 24.3 Å². The topological polar surface area (TPSA) is 87.3 Å². The van der Waals surface area contributed by atoms with Crippen molar-refractivity contribution in [3.8, 4) is 5.75 Å². The number of ether oxygens (including phenoxy) is 1. The zero-order valence-electron chi connectivity index (χ0n) is 14.7. The molecule has 7 nitrogen and oxygen atoms in total. The van der Waals surface area contributed by atoms with Gasteiger partial charge >= 0.3 is 6.36 Å². The standard InChI is InChI=1S/C16H21F3N4O3S/c1-2-27(24,25)22-11-4-3-7-23(9-11)10-15-20-13-6-5-12(8-14(13)21-15)26-16(17,18)19/h5-6,8,11,22H,2-4,7,9-10H2,1H3,(H,20,21)/t11-/m1/s1. The maximum atomic E-state index is 12.3. The highest BCUT2D eigenvalue weighted by Gasteiger charge is 2.31. The van der Waals surface area contributed by atoms with Crippen LogP contribution in [0.2, 0.25) is 0 Å². The first-order chi connectivity index (χ1) is 12.6. The van der Waals surface area contributed by atoms with Crippen LogP contribution in [0.3, 0.4) is 0 Å². The van der Waals surface area contributed by atoms with Crippen molar-refractivity contribution in [2.75, 3.05) is 18.8 Å². The lowest BCUT2D eigenvalue weighted by molar-refractivity contribution is -0.274. The maximum Gasteiger partial charge on any atom is 0.573 e. The Kier molecular flexibility index (Phi) is 5.63. The van der Waals surface area contributed by atoms with Gasteiger partial charge in [-0.25, -0.2) is 18.1 Å². The normalized spacial score (nSPS) is 19.5. The van der Waals surface area contributed by atoms with Gasteiger partial charge in [0.1, 0.15) is 11.6 Å². The summed E-state index contributed by atoms with van der Waals surface area (Å²) >= 11 is 0. The largest absolute Gasteiger partial charge is 0.573 e. The number of sulfonamides is 1. The first kappa shape index (κ1) is 19.9. The number of hydrogen-bond acceptors (Lipinski definition) is 5. The van der Waals surface area contributed by atoms with Crippen LogP contribution in [0.4, 0.5) is 13.2 Å². The molecule has 0 saturated carbocycles. The predicted molar refractivity (Wildman–Crippen MR) is 93.7 cm³/mol. The minimum Gasteiger partial charge on any atom is -0.406 e. The number of hydrogen-bond donors (Lipinski definition) is 2. The fourth-order valence-corrected chi connectivity index (χ4v) is 4.02. The van der Waals surface area contributed by atoms with Gasteiger partial charge in [0.25, 0.3) is 0 Å². The molecule has 1 fully saturated rings. The van der Waals surface area contributed by atoms with Crippen molar-refractivity contribution in [2.24, 2.45) is 0 Å². The number of benzene rings is 1. The second-order valence-electron chi connectivity index (χ2n) is 6.51. The van der Waals surface area contributed by atoms with Crippen LogP contribution in [0.15, 0.2) is 18.2 Å². The Morgan fingerprint density at radius 2 is 2.19 bits per heavy atom. The Hall–Kier alpha value is -1.85. The van der Waals surface area contributed by atoms with Crippen molar-refractivity contribution in [1.82, 2.24) is 19.6 Å². The molecule has 0 spiro atoms. The molecule has 0 bridgehead atoms. The zero-order chi connectivity index (χ0) is 19.7. The van der Waals surface area contributed by atoms with Crippen molar-refractivity contribution in [3.05, 3.63) is 24.0 Å². The number of piperidine rings is 1. The third kappa shape index (κ3) is 5.56. The number of imidazole rings is 1.